The van der Waals surface area contributed by atoms with E-state index in [2.05, 4.69) is 16.8 Å². The summed E-state index contributed by atoms with van der Waals surface area (Å²) in [5.41, 5.74) is 2.06. The van der Waals surface area contributed by atoms with Crippen LogP contribution in [-0.2, 0) is 0 Å². The van der Waals surface area contributed by atoms with E-state index in [0.717, 1.165) is 11.1 Å². The second kappa shape index (κ2) is 5.11. The van der Waals surface area contributed by atoms with Crippen LogP contribution in [0.5, 0.6) is 0 Å². The molecule has 1 aromatic heterocycles. The van der Waals surface area contributed by atoms with Crippen molar-refractivity contribution in [1.82, 2.24) is 4.98 Å². The Hall–Kier alpha value is -2.67. The molecule has 0 spiro atoms. The molecule has 4 heteroatoms. The summed E-state index contributed by atoms with van der Waals surface area (Å²) < 4.78 is 0. The first-order chi connectivity index (χ1) is 8.66. The van der Waals surface area contributed by atoms with Crippen LogP contribution in [0, 0.1) is 28.9 Å². The van der Waals surface area contributed by atoms with Gasteiger partial charge in [-0.15, -0.1) is 0 Å². The lowest BCUT2D eigenvalue weighted by atomic mass is 10.1. The summed E-state index contributed by atoms with van der Waals surface area (Å²) in [6, 6.07) is 10.5. The number of nitro groups is 1. The highest BCUT2D eigenvalue weighted by Crippen LogP contribution is 2.13. The fourth-order valence-corrected chi connectivity index (χ4v) is 1.41. The summed E-state index contributed by atoms with van der Waals surface area (Å²) in [6.45, 7) is 1.99. The van der Waals surface area contributed by atoms with E-state index in [0.29, 0.717) is 0 Å². The van der Waals surface area contributed by atoms with Crippen molar-refractivity contribution in [3.8, 4) is 11.8 Å². The van der Waals surface area contributed by atoms with Crippen molar-refractivity contribution < 1.29 is 4.92 Å². The van der Waals surface area contributed by atoms with Crippen LogP contribution in [0.4, 0.5) is 5.69 Å². The molecule has 88 valence electrons. The fraction of sp³-hybridized carbons (Fsp3) is 0.0714. The molecule has 0 fully saturated rings. The van der Waals surface area contributed by atoms with Gasteiger partial charge in [-0.25, -0.2) is 4.98 Å². The standard InChI is InChI=1S/C14H10N2O2/c1-11-4-6-12(7-5-11)8-9-13-14(16(17)18)3-2-10-15-13/h2-7,10H,1H3. The average Bonchev–Trinajstić information content (AvgIpc) is 2.38. The molecule has 2 aromatic rings. The Balaban J connectivity index is 2.35. The zero-order chi connectivity index (χ0) is 13.0. The summed E-state index contributed by atoms with van der Waals surface area (Å²) in [6.07, 6.45) is 1.49. The summed E-state index contributed by atoms with van der Waals surface area (Å²) in [4.78, 5) is 14.2. The number of benzene rings is 1. The van der Waals surface area contributed by atoms with Gasteiger partial charge in [-0.3, -0.25) is 10.1 Å². The van der Waals surface area contributed by atoms with Gasteiger partial charge < -0.3 is 0 Å². The molecule has 0 aliphatic carbocycles. The Bertz CT molecular complexity index is 637. The van der Waals surface area contributed by atoms with E-state index in [4.69, 9.17) is 0 Å². The third-order valence-corrected chi connectivity index (χ3v) is 2.36. The van der Waals surface area contributed by atoms with Gasteiger partial charge in [0.1, 0.15) is 0 Å². The van der Waals surface area contributed by atoms with E-state index < -0.39 is 4.92 Å². The normalized spacial score (nSPS) is 9.39. The van der Waals surface area contributed by atoms with Crippen molar-refractivity contribution in [2.24, 2.45) is 0 Å². The van der Waals surface area contributed by atoms with E-state index in [1.54, 1.807) is 0 Å². The van der Waals surface area contributed by atoms with Crippen molar-refractivity contribution in [3.63, 3.8) is 0 Å². The van der Waals surface area contributed by atoms with Crippen molar-refractivity contribution in [3.05, 3.63) is 69.5 Å². The van der Waals surface area contributed by atoms with E-state index >= 15 is 0 Å². The lowest BCUT2D eigenvalue weighted by molar-refractivity contribution is -0.385. The summed E-state index contributed by atoms with van der Waals surface area (Å²) in [5.74, 6) is 5.59. The number of hydrogen-bond acceptors (Lipinski definition) is 3. The van der Waals surface area contributed by atoms with Gasteiger partial charge in [0.2, 0.25) is 0 Å². The Morgan fingerprint density at radius 2 is 1.89 bits per heavy atom. The van der Waals surface area contributed by atoms with Crippen LogP contribution >= 0.6 is 0 Å². The zero-order valence-corrected chi connectivity index (χ0v) is 9.75. The largest absolute Gasteiger partial charge is 0.303 e. The Morgan fingerprint density at radius 1 is 1.17 bits per heavy atom. The molecule has 0 N–H and O–H groups in total. The molecule has 0 radical (unpaired) electrons. The van der Waals surface area contributed by atoms with E-state index in [-0.39, 0.29) is 11.4 Å². The van der Waals surface area contributed by atoms with Gasteiger partial charge in [0.15, 0.2) is 5.69 Å². The van der Waals surface area contributed by atoms with Gasteiger partial charge in [-0.05, 0) is 31.0 Å². The molecule has 0 saturated heterocycles. The first-order valence-corrected chi connectivity index (χ1v) is 5.35. The first kappa shape index (κ1) is 11.8. The Kier molecular flexibility index (Phi) is 3.35. The molecule has 0 unspecified atom stereocenters. The van der Waals surface area contributed by atoms with Crippen LogP contribution in [0.3, 0.4) is 0 Å². The molecule has 0 atom stereocenters. The topological polar surface area (TPSA) is 56.0 Å². The van der Waals surface area contributed by atoms with E-state index in [1.807, 2.05) is 31.2 Å². The van der Waals surface area contributed by atoms with Gasteiger partial charge in [-0.1, -0.05) is 23.6 Å². The van der Waals surface area contributed by atoms with Crippen molar-refractivity contribution in [2.45, 2.75) is 6.92 Å². The number of nitrogens with zero attached hydrogens (tertiary/aromatic N) is 2. The Labute approximate surface area is 104 Å². The third kappa shape index (κ3) is 2.71. The number of aryl methyl sites for hydroxylation is 1. The van der Waals surface area contributed by atoms with Crippen molar-refractivity contribution in [2.75, 3.05) is 0 Å². The predicted molar refractivity (Wildman–Crippen MR) is 68.1 cm³/mol. The highest BCUT2D eigenvalue weighted by Gasteiger charge is 2.11. The minimum Gasteiger partial charge on any atom is -0.258 e. The van der Waals surface area contributed by atoms with Crippen LogP contribution in [0.1, 0.15) is 16.8 Å². The molecule has 0 bridgehead atoms. The molecule has 0 saturated carbocycles. The molecule has 0 amide bonds. The van der Waals surface area contributed by atoms with Crippen LogP contribution in [0.2, 0.25) is 0 Å². The van der Waals surface area contributed by atoms with Crippen LogP contribution in [0.25, 0.3) is 0 Å². The molecule has 4 nitrogen and oxygen atoms in total. The number of rotatable bonds is 1. The maximum absolute atomic E-state index is 10.8. The lowest BCUT2D eigenvalue weighted by Gasteiger charge is -1.93. The lowest BCUT2D eigenvalue weighted by Crippen LogP contribution is -1.94. The van der Waals surface area contributed by atoms with Gasteiger partial charge in [-0.2, -0.15) is 0 Å². The second-order valence-electron chi connectivity index (χ2n) is 3.74. The van der Waals surface area contributed by atoms with Crippen LogP contribution in [-0.4, -0.2) is 9.91 Å². The molecule has 0 aliphatic heterocycles. The van der Waals surface area contributed by atoms with E-state index in [9.17, 15) is 10.1 Å². The van der Waals surface area contributed by atoms with E-state index in [1.165, 1.54) is 18.3 Å². The molecular weight excluding hydrogens is 228 g/mol. The van der Waals surface area contributed by atoms with Gasteiger partial charge in [0, 0.05) is 17.8 Å². The molecule has 2 rings (SSSR count). The van der Waals surface area contributed by atoms with Crippen molar-refractivity contribution >= 4 is 5.69 Å². The first-order valence-electron chi connectivity index (χ1n) is 5.35. The highest BCUT2D eigenvalue weighted by molar-refractivity contribution is 5.49. The minimum atomic E-state index is -0.480. The molecule has 1 heterocycles. The number of hydrogen-bond donors (Lipinski definition) is 0. The SMILES string of the molecule is Cc1ccc(C#Cc2ncccc2[N+](=O)[O-])cc1. The summed E-state index contributed by atoms with van der Waals surface area (Å²) >= 11 is 0. The fourth-order valence-electron chi connectivity index (χ4n) is 1.41. The quantitative estimate of drug-likeness (QED) is 0.436. The van der Waals surface area contributed by atoms with Gasteiger partial charge in [0.05, 0.1) is 4.92 Å². The summed E-state index contributed by atoms with van der Waals surface area (Å²) in [5, 5.41) is 10.8. The molecule has 18 heavy (non-hydrogen) atoms. The maximum Gasteiger partial charge on any atom is 0.303 e. The summed E-state index contributed by atoms with van der Waals surface area (Å²) in [7, 11) is 0. The van der Waals surface area contributed by atoms with Crippen LogP contribution < -0.4 is 0 Å². The monoisotopic (exact) mass is 238 g/mol. The molecule has 0 aliphatic rings. The van der Waals surface area contributed by atoms with Gasteiger partial charge in [0.25, 0.3) is 0 Å². The van der Waals surface area contributed by atoms with Crippen LogP contribution in [0.15, 0.2) is 42.6 Å². The zero-order valence-electron chi connectivity index (χ0n) is 9.75. The number of aromatic nitrogens is 1. The Morgan fingerprint density at radius 3 is 2.56 bits per heavy atom. The average molecular weight is 238 g/mol. The number of pyridine rings is 1. The molecule has 1 aromatic carbocycles. The van der Waals surface area contributed by atoms with Crippen molar-refractivity contribution in [1.29, 1.82) is 0 Å². The maximum atomic E-state index is 10.8. The van der Waals surface area contributed by atoms with Gasteiger partial charge >= 0.3 is 5.69 Å². The smallest absolute Gasteiger partial charge is 0.258 e. The third-order valence-electron chi connectivity index (χ3n) is 2.36. The second-order valence-corrected chi connectivity index (χ2v) is 3.74. The molecular formula is C14H10N2O2. The minimum absolute atomic E-state index is 0.0721. The highest BCUT2D eigenvalue weighted by atomic mass is 16.6. The predicted octanol–water partition coefficient (Wildman–Crippen LogP) is 2.70.